The Kier molecular flexibility index (Phi) is 10.9. The van der Waals surface area contributed by atoms with Gasteiger partial charge < -0.3 is 15.0 Å². The van der Waals surface area contributed by atoms with Crippen molar-refractivity contribution < 1.29 is 4.74 Å². The van der Waals surface area contributed by atoms with Gasteiger partial charge in [-0.25, -0.2) is 0 Å². The van der Waals surface area contributed by atoms with Crippen molar-refractivity contribution in [1.29, 1.82) is 0 Å². The third-order valence-electron chi connectivity index (χ3n) is 3.05. The molecule has 1 atom stereocenters. The molecule has 0 aromatic rings. The van der Waals surface area contributed by atoms with Crippen LogP contribution in [0.25, 0.3) is 0 Å². The summed E-state index contributed by atoms with van der Waals surface area (Å²) in [6.45, 7) is 12.8. The number of nitrogens with zero attached hydrogens (tertiary/aromatic N) is 1. The third-order valence-corrected chi connectivity index (χ3v) is 3.05. The summed E-state index contributed by atoms with van der Waals surface area (Å²) in [7, 11) is 2.19. The molecule has 1 unspecified atom stereocenters. The first-order chi connectivity index (χ1) is 8.07. The van der Waals surface area contributed by atoms with Crippen LogP contribution in [0.15, 0.2) is 0 Å². The highest BCUT2D eigenvalue weighted by molar-refractivity contribution is 4.64. The molecule has 0 aromatic heterocycles. The highest BCUT2D eigenvalue weighted by Crippen LogP contribution is 2.03. The van der Waals surface area contributed by atoms with E-state index >= 15 is 0 Å². The molecule has 0 aromatic carbocycles. The summed E-state index contributed by atoms with van der Waals surface area (Å²) in [6, 6.07) is 0.647. The van der Waals surface area contributed by atoms with E-state index in [-0.39, 0.29) is 0 Å². The molecule has 3 nitrogen and oxygen atoms in total. The molecule has 0 radical (unpaired) electrons. The molecule has 17 heavy (non-hydrogen) atoms. The zero-order chi connectivity index (χ0) is 13.1. The van der Waals surface area contributed by atoms with Gasteiger partial charge in [-0.05, 0) is 60.2 Å². The molecular weight excluding hydrogens is 212 g/mol. The van der Waals surface area contributed by atoms with Gasteiger partial charge in [0.1, 0.15) is 0 Å². The Hall–Kier alpha value is -0.120. The number of nitrogens with one attached hydrogen (secondary N) is 1. The minimum Gasteiger partial charge on any atom is -0.377 e. The Balaban J connectivity index is 3.43. The van der Waals surface area contributed by atoms with Crippen LogP contribution in [0, 0.1) is 0 Å². The van der Waals surface area contributed by atoms with Crippen molar-refractivity contribution in [3.63, 3.8) is 0 Å². The lowest BCUT2D eigenvalue weighted by Gasteiger charge is -2.25. The molecule has 0 saturated heterocycles. The van der Waals surface area contributed by atoms with Gasteiger partial charge in [0.2, 0.25) is 0 Å². The van der Waals surface area contributed by atoms with Crippen LogP contribution in [0.3, 0.4) is 0 Å². The van der Waals surface area contributed by atoms with Crippen LogP contribution in [0.1, 0.15) is 47.0 Å². The predicted octanol–water partition coefficient (Wildman–Crippen LogP) is 2.51. The zero-order valence-corrected chi connectivity index (χ0v) is 12.5. The van der Waals surface area contributed by atoms with Gasteiger partial charge in [-0.15, -0.1) is 0 Å². The lowest BCUT2D eigenvalue weighted by Crippen LogP contribution is -2.33. The van der Waals surface area contributed by atoms with Crippen molar-refractivity contribution in [3.8, 4) is 0 Å². The molecule has 0 saturated carbocycles. The standard InChI is InChI=1S/C14H32N2O/c1-6-9-15-10-7-8-14(4)16(5)11-12-17-13(2)3/h13-15H,6-12H2,1-5H3. The molecule has 0 aliphatic rings. The summed E-state index contributed by atoms with van der Waals surface area (Å²) in [4.78, 5) is 2.39. The Morgan fingerprint density at radius 1 is 1.18 bits per heavy atom. The SMILES string of the molecule is CCCNCCCC(C)N(C)CCOC(C)C. The summed E-state index contributed by atoms with van der Waals surface area (Å²) in [5, 5.41) is 3.44. The van der Waals surface area contributed by atoms with E-state index in [4.69, 9.17) is 4.74 Å². The Morgan fingerprint density at radius 3 is 2.47 bits per heavy atom. The smallest absolute Gasteiger partial charge is 0.0596 e. The van der Waals surface area contributed by atoms with Crippen LogP contribution in [-0.2, 0) is 4.74 Å². The molecule has 0 heterocycles. The fraction of sp³-hybridized carbons (Fsp3) is 1.00. The first-order valence-electron chi connectivity index (χ1n) is 7.10. The summed E-state index contributed by atoms with van der Waals surface area (Å²) in [5.74, 6) is 0. The van der Waals surface area contributed by atoms with Crippen molar-refractivity contribution in [1.82, 2.24) is 10.2 Å². The van der Waals surface area contributed by atoms with Crippen molar-refractivity contribution >= 4 is 0 Å². The maximum atomic E-state index is 5.57. The predicted molar refractivity (Wildman–Crippen MR) is 75.6 cm³/mol. The van der Waals surface area contributed by atoms with Crippen LogP contribution in [-0.4, -0.2) is 50.3 Å². The van der Waals surface area contributed by atoms with E-state index in [1.807, 2.05) is 0 Å². The Morgan fingerprint density at radius 2 is 1.88 bits per heavy atom. The number of likely N-dealkylation sites (N-methyl/N-ethyl adjacent to an activating group) is 1. The van der Waals surface area contributed by atoms with E-state index in [2.05, 4.69) is 45.0 Å². The molecule has 0 aliphatic carbocycles. The summed E-state index contributed by atoms with van der Waals surface area (Å²) < 4.78 is 5.57. The first kappa shape index (κ1) is 16.9. The van der Waals surface area contributed by atoms with Crippen LogP contribution < -0.4 is 5.32 Å². The molecule has 0 amide bonds. The summed E-state index contributed by atoms with van der Waals surface area (Å²) >= 11 is 0. The van der Waals surface area contributed by atoms with E-state index in [1.54, 1.807) is 0 Å². The number of ether oxygens (including phenoxy) is 1. The zero-order valence-electron chi connectivity index (χ0n) is 12.5. The molecule has 0 bridgehead atoms. The largest absolute Gasteiger partial charge is 0.377 e. The second kappa shape index (κ2) is 11.0. The minimum atomic E-state index is 0.344. The second-order valence-electron chi connectivity index (χ2n) is 5.14. The summed E-state index contributed by atoms with van der Waals surface area (Å²) in [6.07, 6.45) is 4.09. The average molecular weight is 244 g/mol. The first-order valence-corrected chi connectivity index (χ1v) is 7.10. The number of hydrogen-bond acceptors (Lipinski definition) is 3. The lowest BCUT2D eigenvalue weighted by molar-refractivity contribution is 0.0564. The van der Waals surface area contributed by atoms with Crippen LogP contribution in [0.4, 0.5) is 0 Å². The molecule has 0 spiro atoms. The molecule has 3 heteroatoms. The van der Waals surface area contributed by atoms with E-state index in [1.165, 1.54) is 19.3 Å². The normalized spacial score (nSPS) is 13.6. The monoisotopic (exact) mass is 244 g/mol. The molecule has 104 valence electrons. The lowest BCUT2D eigenvalue weighted by atomic mass is 10.1. The second-order valence-corrected chi connectivity index (χ2v) is 5.14. The van der Waals surface area contributed by atoms with Gasteiger partial charge in [0.15, 0.2) is 0 Å². The molecular formula is C14H32N2O. The average Bonchev–Trinajstić information content (AvgIpc) is 2.27. The maximum Gasteiger partial charge on any atom is 0.0596 e. The van der Waals surface area contributed by atoms with Crippen LogP contribution in [0.5, 0.6) is 0 Å². The van der Waals surface area contributed by atoms with E-state index < -0.39 is 0 Å². The van der Waals surface area contributed by atoms with Crippen LogP contribution >= 0.6 is 0 Å². The van der Waals surface area contributed by atoms with Gasteiger partial charge in [0.25, 0.3) is 0 Å². The quantitative estimate of drug-likeness (QED) is 0.565. The van der Waals surface area contributed by atoms with Gasteiger partial charge in [0.05, 0.1) is 12.7 Å². The van der Waals surface area contributed by atoms with Gasteiger partial charge in [-0.3, -0.25) is 0 Å². The molecule has 1 N–H and O–H groups in total. The van der Waals surface area contributed by atoms with E-state index in [9.17, 15) is 0 Å². The van der Waals surface area contributed by atoms with Crippen LogP contribution in [0.2, 0.25) is 0 Å². The molecule has 0 rings (SSSR count). The van der Waals surface area contributed by atoms with E-state index in [0.29, 0.717) is 12.1 Å². The van der Waals surface area contributed by atoms with Gasteiger partial charge in [-0.2, -0.15) is 0 Å². The van der Waals surface area contributed by atoms with Crippen molar-refractivity contribution in [2.24, 2.45) is 0 Å². The maximum absolute atomic E-state index is 5.57. The number of rotatable bonds is 11. The molecule has 0 fully saturated rings. The topological polar surface area (TPSA) is 24.5 Å². The van der Waals surface area contributed by atoms with Crippen molar-refractivity contribution in [2.75, 3.05) is 33.3 Å². The number of hydrogen-bond donors (Lipinski definition) is 1. The fourth-order valence-corrected chi connectivity index (χ4v) is 1.70. The fourth-order valence-electron chi connectivity index (χ4n) is 1.70. The Bertz CT molecular complexity index is 162. The molecule has 0 aliphatic heterocycles. The highest BCUT2D eigenvalue weighted by atomic mass is 16.5. The minimum absolute atomic E-state index is 0.344. The van der Waals surface area contributed by atoms with Gasteiger partial charge in [-0.1, -0.05) is 6.92 Å². The van der Waals surface area contributed by atoms with Crippen molar-refractivity contribution in [2.45, 2.75) is 59.1 Å². The third kappa shape index (κ3) is 10.7. The van der Waals surface area contributed by atoms with Gasteiger partial charge >= 0.3 is 0 Å². The summed E-state index contributed by atoms with van der Waals surface area (Å²) in [5.41, 5.74) is 0. The highest BCUT2D eigenvalue weighted by Gasteiger charge is 2.08. The van der Waals surface area contributed by atoms with E-state index in [0.717, 1.165) is 26.2 Å². The Labute approximate surface area is 108 Å². The van der Waals surface area contributed by atoms with Crippen molar-refractivity contribution in [3.05, 3.63) is 0 Å². The van der Waals surface area contributed by atoms with Gasteiger partial charge in [0, 0.05) is 12.6 Å².